The van der Waals surface area contributed by atoms with Gasteiger partial charge in [0, 0.05) is 11.6 Å². The Morgan fingerprint density at radius 3 is 2.59 bits per heavy atom. The minimum absolute atomic E-state index is 0.0469. The van der Waals surface area contributed by atoms with Gasteiger partial charge in [-0.05, 0) is 31.2 Å². The highest BCUT2D eigenvalue weighted by Crippen LogP contribution is 2.22. The standard InChI is InChI=1S/C16H16N2O4/c1-11(14-8-7-12(19)9-15(14)20)17-18-16(21)10-22-13-5-3-2-4-6-13/h2-9,19-20H,10H2,1H3,(H,18,21)/b17-11+. The molecule has 0 bridgehead atoms. The molecule has 3 N–H and O–H groups in total. The van der Waals surface area contributed by atoms with Gasteiger partial charge in [0.2, 0.25) is 0 Å². The van der Waals surface area contributed by atoms with Crippen LogP contribution in [0, 0.1) is 0 Å². The van der Waals surface area contributed by atoms with Gasteiger partial charge in [-0.2, -0.15) is 5.10 Å². The van der Waals surface area contributed by atoms with E-state index in [9.17, 15) is 15.0 Å². The molecule has 1 amide bonds. The number of para-hydroxylation sites is 1. The maximum absolute atomic E-state index is 11.6. The van der Waals surface area contributed by atoms with E-state index in [1.165, 1.54) is 18.2 Å². The molecule has 6 heteroatoms. The first-order chi connectivity index (χ1) is 10.6. The number of rotatable bonds is 5. The first-order valence-electron chi connectivity index (χ1n) is 6.59. The molecule has 6 nitrogen and oxygen atoms in total. The lowest BCUT2D eigenvalue weighted by atomic mass is 10.1. The molecule has 2 aromatic carbocycles. The highest BCUT2D eigenvalue weighted by atomic mass is 16.5. The molecule has 0 spiro atoms. The minimum atomic E-state index is -0.415. The molecule has 0 unspecified atom stereocenters. The molecular formula is C16H16N2O4. The predicted molar refractivity (Wildman–Crippen MR) is 82.1 cm³/mol. The van der Waals surface area contributed by atoms with Crippen LogP contribution in [0.5, 0.6) is 17.2 Å². The number of carbonyl (C=O) groups is 1. The Balaban J connectivity index is 1.91. The van der Waals surface area contributed by atoms with E-state index in [4.69, 9.17) is 4.74 Å². The number of hydrogen-bond donors (Lipinski definition) is 3. The molecule has 0 atom stereocenters. The number of nitrogens with one attached hydrogen (secondary N) is 1. The van der Waals surface area contributed by atoms with Gasteiger partial charge in [-0.15, -0.1) is 0 Å². The molecule has 0 aromatic heterocycles. The molecule has 0 saturated carbocycles. The van der Waals surface area contributed by atoms with Gasteiger partial charge in [0.05, 0.1) is 5.71 Å². The topological polar surface area (TPSA) is 91.2 Å². The molecule has 2 rings (SSSR count). The van der Waals surface area contributed by atoms with E-state index in [1.54, 1.807) is 19.1 Å². The zero-order valence-corrected chi connectivity index (χ0v) is 12.0. The van der Waals surface area contributed by atoms with E-state index in [1.807, 2.05) is 18.2 Å². The number of amides is 1. The van der Waals surface area contributed by atoms with Crippen molar-refractivity contribution in [1.29, 1.82) is 0 Å². The summed E-state index contributed by atoms with van der Waals surface area (Å²) >= 11 is 0. The van der Waals surface area contributed by atoms with Gasteiger partial charge in [0.15, 0.2) is 6.61 Å². The van der Waals surface area contributed by atoms with Crippen LogP contribution in [0.4, 0.5) is 0 Å². The van der Waals surface area contributed by atoms with Gasteiger partial charge in [-0.1, -0.05) is 18.2 Å². The fraction of sp³-hybridized carbons (Fsp3) is 0.125. The van der Waals surface area contributed by atoms with Gasteiger partial charge < -0.3 is 14.9 Å². The van der Waals surface area contributed by atoms with Crippen molar-refractivity contribution in [1.82, 2.24) is 5.43 Å². The van der Waals surface area contributed by atoms with E-state index in [0.29, 0.717) is 17.0 Å². The van der Waals surface area contributed by atoms with E-state index >= 15 is 0 Å². The maximum Gasteiger partial charge on any atom is 0.277 e. The molecule has 114 valence electrons. The highest BCUT2D eigenvalue weighted by Gasteiger charge is 2.07. The predicted octanol–water partition coefficient (Wildman–Crippen LogP) is 2.02. The number of hydrazone groups is 1. The Labute approximate surface area is 127 Å². The lowest BCUT2D eigenvalue weighted by Crippen LogP contribution is -2.25. The summed E-state index contributed by atoms with van der Waals surface area (Å²) in [5.74, 6) is 0.0152. The molecule has 0 aliphatic rings. The largest absolute Gasteiger partial charge is 0.508 e. The monoisotopic (exact) mass is 300 g/mol. The van der Waals surface area contributed by atoms with Crippen molar-refractivity contribution in [3.8, 4) is 17.2 Å². The maximum atomic E-state index is 11.6. The number of phenolic OH excluding ortho intramolecular Hbond substituents is 2. The van der Waals surface area contributed by atoms with Crippen molar-refractivity contribution in [2.45, 2.75) is 6.92 Å². The average Bonchev–Trinajstić information content (AvgIpc) is 2.51. The van der Waals surface area contributed by atoms with Gasteiger partial charge in [0.1, 0.15) is 17.2 Å². The van der Waals surface area contributed by atoms with Crippen LogP contribution in [0.1, 0.15) is 12.5 Å². The molecule has 0 aliphatic heterocycles. The number of ether oxygens (including phenoxy) is 1. The summed E-state index contributed by atoms with van der Waals surface area (Å²) in [6, 6.07) is 13.1. The smallest absolute Gasteiger partial charge is 0.277 e. The summed E-state index contributed by atoms with van der Waals surface area (Å²) in [4.78, 5) is 11.6. The van der Waals surface area contributed by atoms with Crippen molar-refractivity contribution in [3.05, 3.63) is 54.1 Å². The second-order valence-corrected chi connectivity index (χ2v) is 4.54. The molecule has 22 heavy (non-hydrogen) atoms. The quantitative estimate of drug-likeness (QED) is 0.582. The zero-order valence-electron chi connectivity index (χ0n) is 12.0. The second kappa shape index (κ2) is 7.12. The molecule has 0 fully saturated rings. The highest BCUT2D eigenvalue weighted by molar-refractivity contribution is 6.01. The summed E-state index contributed by atoms with van der Waals surface area (Å²) in [5.41, 5.74) is 3.17. The Morgan fingerprint density at radius 1 is 1.18 bits per heavy atom. The third-order valence-corrected chi connectivity index (χ3v) is 2.83. The number of hydrogen-bond acceptors (Lipinski definition) is 5. The Morgan fingerprint density at radius 2 is 1.91 bits per heavy atom. The van der Waals surface area contributed by atoms with Crippen LogP contribution >= 0.6 is 0 Å². The molecule has 0 saturated heterocycles. The van der Waals surface area contributed by atoms with Crippen molar-refractivity contribution >= 4 is 11.6 Å². The van der Waals surface area contributed by atoms with Gasteiger partial charge >= 0.3 is 0 Å². The van der Waals surface area contributed by atoms with Gasteiger partial charge in [-0.3, -0.25) is 4.79 Å². The number of phenols is 2. The second-order valence-electron chi connectivity index (χ2n) is 4.54. The lowest BCUT2D eigenvalue weighted by Gasteiger charge is -2.06. The zero-order chi connectivity index (χ0) is 15.9. The first-order valence-corrected chi connectivity index (χ1v) is 6.59. The number of aromatic hydroxyl groups is 2. The number of carbonyl (C=O) groups excluding carboxylic acids is 1. The third-order valence-electron chi connectivity index (χ3n) is 2.83. The van der Waals surface area contributed by atoms with E-state index in [0.717, 1.165) is 0 Å². The molecule has 0 radical (unpaired) electrons. The van der Waals surface area contributed by atoms with Crippen molar-refractivity contribution in [2.75, 3.05) is 6.61 Å². The normalized spacial score (nSPS) is 11.0. The van der Waals surface area contributed by atoms with Crippen LogP contribution in [0.3, 0.4) is 0 Å². The molecule has 0 heterocycles. The van der Waals surface area contributed by atoms with E-state index in [2.05, 4.69) is 10.5 Å². The fourth-order valence-electron chi connectivity index (χ4n) is 1.73. The average molecular weight is 300 g/mol. The Bertz CT molecular complexity index is 684. The number of nitrogens with zero attached hydrogens (tertiary/aromatic N) is 1. The van der Waals surface area contributed by atoms with E-state index < -0.39 is 5.91 Å². The van der Waals surface area contributed by atoms with Crippen LogP contribution in [-0.4, -0.2) is 28.4 Å². The SMILES string of the molecule is C/C(=N\NC(=O)COc1ccccc1)c1ccc(O)cc1O. The summed E-state index contributed by atoms with van der Waals surface area (Å²) in [6.45, 7) is 1.47. The van der Waals surface area contributed by atoms with E-state index in [-0.39, 0.29) is 18.1 Å². The van der Waals surface area contributed by atoms with Crippen LogP contribution in [0.15, 0.2) is 53.6 Å². The number of benzene rings is 2. The summed E-state index contributed by atoms with van der Waals surface area (Å²) in [7, 11) is 0. The van der Waals surface area contributed by atoms with Gasteiger partial charge in [0.25, 0.3) is 5.91 Å². The third kappa shape index (κ3) is 4.24. The molecule has 0 aliphatic carbocycles. The lowest BCUT2D eigenvalue weighted by molar-refractivity contribution is -0.123. The van der Waals surface area contributed by atoms with Crippen molar-refractivity contribution in [3.63, 3.8) is 0 Å². The Kier molecular flexibility index (Phi) is 4.98. The first kappa shape index (κ1) is 15.4. The molecule has 2 aromatic rings. The van der Waals surface area contributed by atoms with Crippen LogP contribution in [-0.2, 0) is 4.79 Å². The van der Waals surface area contributed by atoms with Crippen LogP contribution in [0.25, 0.3) is 0 Å². The van der Waals surface area contributed by atoms with Crippen LogP contribution < -0.4 is 10.2 Å². The summed E-state index contributed by atoms with van der Waals surface area (Å²) < 4.78 is 5.28. The minimum Gasteiger partial charge on any atom is -0.508 e. The van der Waals surface area contributed by atoms with Crippen molar-refractivity contribution in [2.24, 2.45) is 5.10 Å². The fourth-order valence-corrected chi connectivity index (χ4v) is 1.73. The summed E-state index contributed by atoms with van der Waals surface area (Å²) in [6.07, 6.45) is 0. The summed E-state index contributed by atoms with van der Waals surface area (Å²) in [5, 5.41) is 22.8. The Hall–Kier alpha value is -3.02. The van der Waals surface area contributed by atoms with Crippen LogP contribution in [0.2, 0.25) is 0 Å². The molecular weight excluding hydrogens is 284 g/mol. The van der Waals surface area contributed by atoms with Crippen molar-refractivity contribution < 1.29 is 19.7 Å². The van der Waals surface area contributed by atoms with Gasteiger partial charge in [-0.25, -0.2) is 5.43 Å².